The molecule has 0 bridgehead atoms. The number of hydrogen-bond acceptors (Lipinski definition) is 24. The van der Waals surface area contributed by atoms with Gasteiger partial charge in [-0.3, -0.25) is 29.4 Å². The third kappa shape index (κ3) is 26.9. The number of aliphatic hydroxyl groups is 6. The highest BCUT2D eigenvalue weighted by atomic mass is 16.5. The molecule has 0 aromatic heterocycles. The van der Waals surface area contributed by atoms with Gasteiger partial charge in [-0.05, 0) is 324 Å². The molecule has 6 saturated heterocycles. The molecule has 24 heteroatoms. The van der Waals surface area contributed by atoms with Crippen molar-refractivity contribution in [3.8, 4) is 69.0 Å². The Bertz CT molecular complexity index is 7710. The van der Waals surface area contributed by atoms with Gasteiger partial charge in [0, 0.05) is 164 Å². The number of fused-ring (bicyclic) bond motifs is 18. The lowest BCUT2D eigenvalue weighted by Gasteiger charge is -2.47. The van der Waals surface area contributed by atoms with Gasteiger partial charge in [-0.25, -0.2) is 0 Å². The largest absolute Gasteiger partial charge is 0.493 e. The molecule has 0 aliphatic carbocycles. The van der Waals surface area contributed by atoms with E-state index < -0.39 is 292 Å². The maximum atomic E-state index is 11.2. The van der Waals surface area contributed by atoms with Crippen molar-refractivity contribution in [2.24, 2.45) is 69.5 Å². The molecule has 6 fully saturated rings. The molecule has 18 atom stereocenters. The van der Waals surface area contributed by atoms with Crippen molar-refractivity contribution in [3.63, 3.8) is 0 Å². The van der Waals surface area contributed by atoms with Crippen molar-refractivity contribution in [3.05, 3.63) is 139 Å². The Kier molecular flexibility index (Phi) is 19.0. The van der Waals surface area contributed by atoms with Crippen LogP contribution >= 0.6 is 0 Å². The molecule has 18 rings (SSSR count). The van der Waals surface area contributed by atoms with Crippen LogP contribution in [0.1, 0.15) is 365 Å². The van der Waals surface area contributed by atoms with E-state index in [4.69, 9.17) is 131 Å². The minimum Gasteiger partial charge on any atom is -0.493 e. The molecule has 0 spiro atoms. The molecule has 6 aromatic carbocycles. The standard InChI is InChI=1S/3C20H31NO3.3C19H29NO3/c3*1-20(2,3)11-14-12-21-7-6-13-8-18(23-4)19(24-5)9-15(13)16(21)10-17(14)22;3*1-12(2)7-14-11-20-6-5-13-8-18(22-3)19(23-4)9-15(13)16(20)10-17(14)21/h3*8-9,14,16-17,22H,6-7,10-12H2,1-5H3;3*8-9,12,14,16-17,21H,5-7,10-11H2,1-4H3/i1D3,2D3,5D3,8D,9D,11D2,12D2,16D;2*1D3,2D3,8D,9D,11D2,12D2,16D;4D3,8D,9D,11D2,16D;2*8D,9D,11D2,16D. The molecular formula is C117H180N6O18. The Hall–Kier alpha value is -7.56. The van der Waals surface area contributed by atoms with Gasteiger partial charge in [-0.2, -0.15) is 0 Å². The third-order valence-electron chi connectivity index (χ3n) is 25.8. The molecule has 12 heterocycles. The minimum atomic E-state index is -3.46. The second-order valence-corrected chi connectivity index (χ2v) is 38.3. The monoisotopic (exact) mass is 2020 g/mol. The molecule has 24 nitrogen and oxygen atoms in total. The Morgan fingerprint density at radius 2 is 0.440 bits per heavy atom. The first-order chi connectivity index (χ1) is 91.0. The quantitative estimate of drug-likeness (QED) is 0.0392. The number of benzene rings is 6. The minimum absolute atomic E-state index is 0.00489. The van der Waals surface area contributed by atoms with Gasteiger partial charge in [-0.15, -0.1) is 0 Å². The Balaban J connectivity index is 0.000000194. The predicted octanol–water partition coefficient (Wildman–Crippen LogP) is 19.3. The molecule has 6 aromatic rings. The maximum absolute atomic E-state index is 11.2. The molecular weight excluding hydrogens is 1780 g/mol. The fraction of sp³-hybridized carbons (Fsp3) is 0.692. The maximum Gasteiger partial charge on any atom is 0.161 e. The highest BCUT2D eigenvalue weighted by Crippen LogP contribution is 2.53. The highest BCUT2D eigenvalue weighted by Gasteiger charge is 2.47. The van der Waals surface area contributed by atoms with Crippen LogP contribution in [0.15, 0.2) is 72.5 Å². The summed E-state index contributed by atoms with van der Waals surface area (Å²) in [6.07, 6.45) is -19.7. The first-order valence-corrected chi connectivity index (χ1v) is 47.5. The van der Waals surface area contributed by atoms with Gasteiger partial charge in [0.25, 0.3) is 0 Å². The number of piperidine rings is 6. The van der Waals surface area contributed by atoms with E-state index >= 15 is 0 Å². The zero-order valence-corrected chi connectivity index (χ0v) is 83.8. The lowest BCUT2D eigenvalue weighted by Crippen LogP contribution is -2.48. The van der Waals surface area contributed by atoms with E-state index in [-0.39, 0.29) is 258 Å². The number of rotatable bonds is 21. The van der Waals surface area contributed by atoms with Crippen LogP contribution in [-0.4, -0.2) is 260 Å². The lowest BCUT2D eigenvalue weighted by atomic mass is 9.75. The van der Waals surface area contributed by atoms with E-state index in [2.05, 4.69) is 0 Å². The van der Waals surface area contributed by atoms with E-state index in [1.54, 1.807) is 0 Å². The van der Waals surface area contributed by atoms with E-state index in [0.29, 0.717) is 69.6 Å². The molecule has 12 aliphatic rings. The smallest absolute Gasteiger partial charge is 0.161 e. The Morgan fingerprint density at radius 3 is 0.596 bits per heavy atom. The van der Waals surface area contributed by atoms with Gasteiger partial charge < -0.3 is 87.5 Å². The first-order valence-electron chi connectivity index (χ1n) is 77.5. The molecule has 0 radical (unpaired) electrons. The highest BCUT2D eigenvalue weighted by molar-refractivity contribution is 5.55. The van der Waals surface area contributed by atoms with Crippen molar-refractivity contribution in [1.82, 2.24) is 29.4 Å². The number of ether oxygens (including phenoxy) is 12. The van der Waals surface area contributed by atoms with Gasteiger partial charge >= 0.3 is 0 Å². The number of hydrogen-bond donors (Lipinski definition) is 6. The number of methoxy groups -OCH3 is 12. The van der Waals surface area contributed by atoms with Crippen LogP contribution in [0, 0.1) is 69.5 Å². The van der Waals surface area contributed by atoms with Crippen molar-refractivity contribution in [2.45, 2.75) is 292 Å². The van der Waals surface area contributed by atoms with E-state index in [9.17, 15) is 38.9 Å². The van der Waals surface area contributed by atoms with Crippen LogP contribution in [0.3, 0.4) is 0 Å². The first kappa shape index (κ1) is 55.5. The van der Waals surface area contributed by atoms with Gasteiger partial charge in [0.15, 0.2) is 69.0 Å². The van der Waals surface area contributed by atoms with Gasteiger partial charge in [0.1, 0.15) is 0 Å². The van der Waals surface area contributed by atoms with Crippen molar-refractivity contribution in [1.29, 1.82) is 0 Å². The SMILES string of the molecule is [2H]c1c2c(c([2H])c(OC([2H])([2H])[2H])c1OC)C1([2H])CC(O)C(C([2H])([2H])C(C)(C([2H])([2H])[2H])C([2H])([2H])[2H])C([2H])([2H])N1CC2.[2H]c1c2c(c([2H])c(OC([2H])([2H])[2H])c1OC)C1([2H])CC(O)C(CC(C)C)C([2H])([2H])N1CC2.[2H]c1c2c(c([2H])c(OC)c1OC)C1([2H])CC(O)C(C([2H])([2H])C(C)(C([2H])([2H])[2H])C([2H])([2H])[2H])C([2H])([2H])N1CC2.[2H]c1c2c(c([2H])c(OC)c1OC)C1([2H])CC(O)C(C([2H])([2H])C(C)(C([2H])([2H])[2H])C([2H])([2H])[2H])C([2H])([2H])N1CC2.[2H]c1c2c(c([2H])c(OC)c1OC)C1([2H])CC(O)C(CC(C)C)C([2H])([2H])N1CC2.[2H]c1c2c(c([2H])c(OC)c1OC)C1([2H])CC(O)C(CC(C)C)C([2H])([2H])N1CC2. The third-order valence-corrected chi connectivity index (χ3v) is 25.8. The zero-order valence-electron chi connectivity index (χ0n) is 144. The van der Waals surface area contributed by atoms with Crippen LogP contribution in [0.4, 0.5) is 0 Å². The predicted molar refractivity (Wildman–Crippen MR) is 561 cm³/mol. The van der Waals surface area contributed by atoms with Gasteiger partial charge in [0.2, 0.25) is 0 Å². The molecule has 0 saturated carbocycles. The van der Waals surface area contributed by atoms with Crippen LogP contribution in [-0.2, 0) is 38.5 Å². The number of nitrogens with zero attached hydrogens (tertiary/aromatic N) is 6. The molecule has 6 N–H and O–H groups in total. The summed E-state index contributed by atoms with van der Waals surface area (Å²) in [6.45, 7) is -21.6. The van der Waals surface area contributed by atoms with Crippen molar-refractivity contribution < 1.29 is 170 Å². The average molecular weight is 2020 g/mol. The van der Waals surface area contributed by atoms with E-state index in [1.165, 1.54) is 78.7 Å². The van der Waals surface area contributed by atoms with Crippen LogP contribution < -0.4 is 56.8 Å². The van der Waals surface area contributed by atoms with Crippen molar-refractivity contribution in [2.75, 3.05) is 163 Å². The summed E-state index contributed by atoms with van der Waals surface area (Å²) in [5.41, 5.74) is -7.63. The summed E-state index contributed by atoms with van der Waals surface area (Å²) < 4.78 is 565. The van der Waals surface area contributed by atoms with Gasteiger partial charge in [0.05, 0.1) is 155 Å². The summed E-state index contributed by atoms with van der Waals surface area (Å²) in [5, 5.41) is 66.1. The summed E-state index contributed by atoms with van der Waals surface area (Å²) in [4.78, 5) is 6.89. The van der Waals surface area contributed by atoms with Crippen LogP contribution in [0.2, 0.25) is 0 Å². The molecule has 141 heavy (non-hydrogen) atoms. The van der Waals surface area contributed by atoms with Gasteiger partial charge in [-0.1, -0.05) is 103 Å². The van der Waals surface area contributed by atoms with Crippen molar-refractivity contribution >= 4 is 0 Å². The molecule has 0 amide bonds. The molecule has 786 valence electrons. The second-order valence-electron chi connectivity index (χ2n) is 38.3. The normalized spacial score (nSPS) is 39.9. The summed E-state index contributed by atoms with van der Waals surface area (Å²) in [6, 6.07) is -14.7. The molecule has 12 aliphatic heterocycles. The average Bonchev–Trinajstić information content (AvgIpc) is 0.679. The fourth-order valence-electron chi connectivity index (χ4n) is 19.3. The summed E-state index contributed by atoms with van der Waals surface area (Å²) in [7, 11) is 7.01. The Morgan fingerprint density at radius 1 is 0.284 bits per heavy atom. The second kappa shape index (κ2) is 48.4. The number of aliphatic hydroxyl groups excluding tert-OH is 6. The summed E-state index contributed by atoms with van der Waals surface area (Å²) >= 11 is 0. The van der Waals surface area contributed by atoms with Crippen LogP contribution in [0.5, 0.6) is 69.0 Å². The fourth-order valence-corrected chi connectivity index (χ4v) is 19.3. The lowest BCUT2D eigenvalue weighted by molar-refractivity contribution is -0.0259. The van der Waals surface area contributed by atoms with Crippen LogP contribution in [0.25, 0.3) is 0 Å². The van der Waals surface area contributed by atoms with E-state index in [1.807, 2.05) is 41.5 Å². The van der Waals surface area contributed by atoms with E-state index in [0.717, 1.165) is 21.8 Å². The molecule has 18 unspecified atom stereocenters. The zero-order chi connectivity index (χ0) is 154. The topological polar surface area (TPSA) is 252 Å². The Labute approximate surface area is 930 Å². The summed E-state index contributed by atoms with van der Waals surface area (Å²) in [5.74, 6) is -9.77.